The van der Waals surface area contributed by atoms with Crippen LogP contribution in [0.15, 0.2) is 91.0 Å². The Hall–Kier alpha value is 0.740. The van der Waals surface area contributed by atoms with Gasteiger partial charge in [0.05, 0.1) is 10.7 Å². The normalized spacial score (nSPS) is 11.8. The van der Waals surface area contributed by atoms with E-state index in [1.807, 2.05) is 0 Å². The fourth-order valence-electron chi connectivity index (χ4n) is 3.03. The smallest absolute Gasteiger partial charge is 0.0622 e. The lowest BCUT2D eigenvalue weighted by molar-refractivity contribution is 1.73. The van der Waals surface area contributed by atoms with Gasteiger partial charge in [0.2, 0.25) is 0 Å². The summed E-state index contributed by atoms with van der Waals surface area (Å²) in [4.78, 5) is 0. The standard InChI is InChI=1S/C19H15Br4P3/c20-24(21)19(25(22)23)26(16-10-4-1-5-11-16,17-12-6-2-7-13-17)18-14-8-3-9-15-18/h1-15H. The summed E-state index contributed by atoms with van der Waals surface area (Å²) in [5, 5.41) is 2.83. The molecule has 0 amide bonds. The summed E-state index contributed by atoms with van der Waals surface area (Å²) in [6.07, 6.45) is 0. The molecule has 3 rings (SSSR count). The Morgan fingerprint density at radius 3 is 1.00 bits per heavy atom. The van der Waals surface area contributed by atoms with E-state index in [2.05, 4.69) is 153 Å². The highest BCUT2D eigenvalue weighted by molar-refractivity contribution is 9.77. The second kappa shape index (κ2) is 9.98. The molecule has 0 N–H and O–H groups in total. The molecule has 0 unspecified atom stereocenters. The van der Waals surface area contributed by atoms with Crippen molar-refractivity contribution in [2.75, 3.05) is 0 Å². The van der Waals surface area contributed by atoms with E-state index >= 15 is 0 Å². The topological polar surface area (TPSA) is 0 Å². The maximum atomic E-state index is 3.90. The molecule has 0 spiro atoms. The van der Waals surface area contributed by atoms with Crippen molar-refractivity contribution in [2.45, 2.75) is 0 Å². The Bertz CT molecular complexity index is 784. The van der Waals surface area contributed by atoms with Gasteiger partial charge >= 0.3 is 0 Å². The van der Waals surface area contributed by atoms with Crippen molar-refractivity contribution >= 4 is 100 Å². The van der Waals surface area contributed by atoms with E-state index in [0.717, 1.165) is 0 Å². The Labute approximate surface area is 189 Å². The van der Waals surface area contributed by atoms with E-state index in [9.17, 15) is 0 Å². The SMILES string of the molecule is BrP(Br)C(P(Br)Br)=P(c1ccccc1)(c1ccccc1)c1ccccc1. The summed E-state index contributed by atoms with van der Waals surface area (Å²) in [6.45, 7) is -1.99. The maximum Gasteiger partial charge on any atom is 0.0686 e. The largest absolute Gasteiger partial charge is 0.0686 e. The van der Waals surface area contributed by atoms with Gasteiger partial charge in [0.15, 0.2) is 0 Å². The summed E-state index contributed by atoms with van der Waals surface area (Å²) in [5.74, 6) is 0. The first-order valence-corrected chi connectivity index (χ1v) is 20.3. The first kappa shape index (κ1) is 21.4. The van der Waals surface area contributed by atoms with Crippen LogP contribution in [0.5, 0.6) is 0 Å². The lowest BCUT2D eigenvalue weighted by atomic mass is 10.4. The van der Waals surface area contributed by atoms with Gasteiger partial charge in [0.1, 0.15) is 0 Å². The monoisotopic (exact) mass is 652 g/mol. The number of hydrogen-bond donors (Lipinski definition) is 0. The van der Waals surface area contributed by atoms with Gasteiger partial charge < -0.3 is 0 Å². The first-order chi connectivity index (χ1) is 12.6. The second-order valence-electron chi connectivity index (χ2n) is 5.44. The Kier molecular flexibility index (Phi) is 8.23. The van der Waals surface area contributed by atoms with E-state index in [1.54, 1.807) is 0 Å². The molecule has 0 heterocycles. The molecule has 0 saturated carbocycles. The van der Waals surface area contributed by atoms with Crippen molar-refractivity contribution in [3.8, 4) is 0 Å². The summed E-state index contributed by atoms with van der Waals surface area (Å²) >= 11 is 15.6. The van der Waals surface area contributed by atoms with E-state index in [4.69, 9.17) is 0 Å². The predicted molar refractivity (Wildman–Crippen MR) is 140 cm³/mol. The third kappa shape index (κ3) is 4.33. The highest BCUT2D eigenvalue weighted by atomic mass is 79.9. The molecule has 0 atom stereocenters. The van der Waals surface area contributed by atoms with Crippen LogP contribution in [-0.2, 0) is 0 Å². The van der Waals surface area contributed by atoms with Gasteiger partial charge in [0, 0.05) is 4.78 Å². The minimum Gasteiger partial charge on any atom is -0.0622 e. The third-order valence-electron chi connectivity index (χ3n) is 4.03. The van der Waals surface area contributed by atoms with Crippen LogP contribution in [0.4, 0.5) is 0 Å². The van der Waals surface area contributed by atoms with Crippen molar-refractivity contribution in [1.82, 2.24) is 0 Å². The Morgan fingerprint density at radius 1 is 0.500 bits per heavy atom. The number of benzene rings is 3. The third-order valence-corrected chi connectivity index (χ3v) is 23.5. The van der Waals surface area contributed by atoms with E-state index in [0.29, 0.717) is 0 Å². The second-order valence-corrected chi connectivity index (χ2v) is 25.9. The van der Waals surface area contributed by atoms with Crippen molar-refractivity contribution < 1.29 is 0 Å². The zero-order valence-electron chi connectivity index (χ0n) is 13.5. The molecule has 3 aromatic carbocycles. The van der Waals surface area contributed by atoms with Crippen LogP contribution in [0.2, 0.25) is 0 Å². The fraction of sp³-hybridized carbons (Fsp3) is 0. The van der Waals surface area contributed by atoms with Gasteiger partial charge in [-0.1, -0.05) is 91.0 Å². The fourth-order valence-corrected chi connectivity index (χ4v) is 32.8. The molecule has 0 aliphatic heterocycles. The van der Waals surface area contributed by atoms with Crippen LogP contribution in [-0.4, -0.2) is 4.78 Å². The van der Waals surface area contributed by atoms with E-state index < -0.39 is 17.5 Å². The number of halogens is 4. The molecular weight excluding hydrogens is 641 g/mol. The van der Waals surface area contributed by atoms with Crippen LogP contribution in [0.1, 0.15) is 0 Å². The van der Waals surface area contributed by atoms with Crippen molar-refractivity contribution in [1.29, 1.82) is 0 Å². The van der Waals surface area contributed by atoms with Crippen LogP contribution < -0.4 is 15.9 Å². The van der Waals surface area contributed by atoms with Crippen LogP contribution in [0, 0.1) is 0 Å². The van der Waals surface area contributed by atoms with Crippen molar-refractivity contribution in [3.63, 3.8) is 0 Å². The minimum absolute atomic E-state index is 0.636. The van der Waals surface area contributed by atoms with Crippen LogP contribution >= 0.6 is 79.5 Å². The van der Waals surface area contributed by atoms with Gasteiger partial charge in [-0.15, -0.1) is 0 Å². The van der Waals surface area contributed by atoms with Gasteiger partial charge in [-0.25, -0.2) is 0 Å². The Morgan fingerprint density at radius 2 is 0.769 bits per heavy atom. The molecule has 0 aromatic heterocycles. The molecule has 0 saturated heterocycles. The number of rotatable bonds is 5. The molecular formula is C19H15Br4P3. The van der Waals surface area contributed by atoms with Gasteiger partial charge in [-0.05, 0) is 84.8 Å². The minimum atomic E-state index is -1.99. The van der Waals surface area contributed by atoms with E-state index in [-0.39, 0.29) is 0 Å². The van der Waals surface area contributed by atoms with Crippen molar-refractivity contribution in [3.05, 3.63) is 91.0 Å². The van der Waals surface area contributed by atoms with Gasteiger partial charge in [-0.3, -0.25) is 0 Å². The molecule has 0 radical (unpaired) electrons. The summed E-state index contributed by atoms with van der Waals surface area (Å²) in [6, 6.07) is 32.7. The zero-order chi connectivity index (χ0) is 18.6. The van der Waals surface area contributed by atoms with Crippen LogP contribution in [0.25, 0.3) is 0 Å². The molecule has 0 nitrogen and oxygen atoms in total. The van der Waals surface area contributed by atoms with Gasteiger partial charge in [-0.2, -0.15) is 0 Å². The van der Waals surface area contributed by atoms with E-state index in [1.165, 1.54) is 20.7 Å². The summed E-state index contributed by atoms with van der Waals surface area (Å²) in [7, 11) is 0. The summed E-state index contributed by atoms with van der Waals surface area (Å²) < 4.78 is 1.46. The number of hydrogen-bond acceptors (Lipinski definition) is 0. The summed E-state index contributed by atoms with van der Waals surface area (Å²) in [5.41, 5.74) is 0. The maximum absolute atomic E-state index is 3.90. The Balaban J connectivity index is 2.59. The first-order valence-electron chi connectivity index (χ1n) is 7.75. The molecule has 7 heteroatoms. The quantitative estimate of drug-likeness (QED) is 0.243. The van der Waals surface area contributed by atoms with Gasteiger partial charge in [0.25, 0.3) is 0 Å². The molecule has 0 bridgehead atoms. The average molecular weight is 656 g/mol. The molecule has 0 fully saturated rings. The molecule has 3 aromatic rings. The molecule has 0 aliphatic carbocycles. The van der Waals surface area contributed by atoms with Crippen LogP contribution in [0.3, 0.4) is 0 Å². The highest BCUT2D eigenvalue weighted by Crippen LogP contribution is 2.76. The lowest BCUT2D eigenvalue weighted by Gasteiger charge is -2.34. The highest BCUT2D eigenvalue weighted by Gasteiger charge is 2.34. The predicted octanol–water partition coefficient (Wildman–Crippen LogP) is 8.27. The lowest BCUT2D eigenvalue weighted by Crippen LogP contribution is -2.28. The molecule has 26 heavy (non-hydrogen) atoms. The molecule has 0 aliphatic rings. The zero-order valence-corrected chi connectivity index (χ0v) is 22.5. The average Bonchev–Trinajstić information content (AvgIpc) is 2.67. The van der Waals surface area contributed by atoms with Crippen molar-refractivity contribution in [2.24, 2.45) is 0 Å². The molecule has 134 valence electrons.